The molecule has 3 heterocycles. The van der Waals surface area contributed by atoms with Gasteiger partial charge in [0.25, 0.3) is 0 Å². The van der Waals surface area contributed by atoms with E-state index in [1.165, 1.54) is 12.1 Å². The number of carbonyl (C=O) groups is 1. The summed E-state index contributed by atoms with van der Waals surface area (Å²) in [7, 11) is 0. The van der Waals surface area contributed by atoms with Gasteiger partial charge in [0.15, 0.2) is 5.71 Å². The molecule has 0 atom stereocenters. The standard InChI is InChI=1S/C23H23FN4O3/c1-3-30-23(29)21-19-13-28(27-20(19)8-9-25-21)12-17-10-15(2)22(26-11-17)31-14-16-4-6-18(24)7-5-16/h4-7,10-11,13H,3,8-9,12,14H2,1-2H3. The van der Waals surface area contributed by atoms with E-state index >= 15 is 0 Å². The first kappa shape index (κ1) is 20.7. The molecule has 8 heteroatoms. The van der Waals surface area contributed by atoms with E-state index in [4.69, 9.17) is 9.47 Å². The molecule has 0 amide bonds. The third kappa shape index (κ3) is 4.79. The number of hydrogen-bond acceptors (Lipinski definition) is 6. The second kappa shape index (κ2) is 9.07. The van der Waals surface area contributed by atoms with Gasteiger partial charge in [-0.25, -0.2) is 14.2 Å². The van der Waals surface area contributed by atoms with Crippen LogP contribution in [-0.2, 0) is 29.1 Å². The highest BCUT2D eigenvalue weighted by Gasteiger charge is 2.24. The van der Waals surface area contributed by atoms with Crippen LogP contribution in [0, 0.1) is 12.7 Å². The van der Waals surface area contributed by atoms with E-state index in [2.05, 4.69) is 15.1 Å². The fourth-order valence-electron chi connectivity index (χ4n) is 3.43. The number of benzene rings is 1. The fraction of sp³-hybridized carbons (Fsp3) is 0.304. The maximum atomic E-state index is 13.0. The molecule has 3 aromatic rings. The van der Waals surface area contributed by atoms with Crippen LogP contribution in [0.2, 0.25) is 0 Å². The van der Waals surface area contributed by atoms with Crippen molar-refractivity contribution in [2.75, 3.05) is 13.2 Å². The van der Waals surface area contributed by atoms with Crippen molar-refractivity contribution in [3.05, 3.63) is 76.5 Å². The number of carbonyl (C=O) groups excluding carboxylic acids is 1. The molecule has 1 aliphatic heterocycles. The van der Waals surface area contributed by atoms with Gasteiger partial charge < -0.3 is 9.47 Å². The van der Waals surface area contributed by atoms with E-state index < -0.39 is 5.97 Å². The summed E-state index contributed by atoms with van der Waals surface area (Å²) in [5.41, 5.74) is 4.64. The van der Waals surface area contributed by atoms with Crippen LogP contribution in [0.15, 0.2) is 47.7 Å². The molecule has 160 valence electrons. The maximum absolute atomic E-state index is 13.0. The summed E-state index contributed by atoms with van der Waals surface area (Å²) in [5, 5.41) is 4.61. The van der Waals surface area contributed by atoms with Crippen LogP contribution in [0.25, 0.3) is 0 Å². The van der Waals surface area contributed by atoms with E-state index in [0.717, 1.165) is 27.9 Å². The van der Waals surface area contributed by atoms with Gasteiger partial charge in [-0.05, 0) is 43.2 Å². The minimum absolute atomic E-state index is 0.275. The minimum atomic E-state index is -0.414. The maximum Gasteiger partial charge on any atom is 0.357 e. The van der Waals surface area contributed by atoms with Crippen LogP contribution in [0.4, 0.5) is 4.39 Å². The Balaban J connectivity index is 1.44. The first-order chi connectivity index (χ1) is 15.0. The second-order valence-corrected chi connectivity index (χ2v) is 7.27. The van der Waals surface area contributed by atoms with Crippen LogP contribution in [-0.4, -0.2) is 39.6 Å². The monoisotopic (exact) mass is 422 g/mol. The van der Waals surface area contributed by atoms with Crippen molar-refractivity contribution in [1.29, 1.82) is 0 Å². The number of rotatable bonds is 7. The Hall–Kier alpha value is -3.55. The number of nitrogens with zero attached hydrogens (tertiary/aromatic N) is 4. The third-order valence-electron chi connectivity index (χ3n) is 4.90. The van der Waals surface area contributed by atoms with Gasteiger partial charge in [-0.15, -0.1) is 0 Å². The number of pyridine rings is 1. The molecule has 0 saturated heterocycles. The Morgan fingerprint density at radius 2 is 2.03 bits per heavy atom. The lowest BCUT2D eigenvalue weighted by Crippen LogP contribution is -2.23. The molecule has 4 rings (SSSR count). The Labute approximate surface area is 179 Å². The van der Waals surface area contributed by atoms with Crippen molar-refractivity contribution in [2.45, 2.75) is 33.4 Å². The molecule has 0 fully saturated rings. The van der Waals surface area contributed by atoms with Gasteiger partial charge in [-0.1, -0.05) is 12.1 Å². The van der Waals surface area contributed by atoms with Crippen LogP contribution in [0.3, 0.4) is 0 Å². The van der Waals surface area contributed by atoms with Gasteiger partial charge >= 0.3 is 5.97 Å². The predicted molar refractivity (Wildman–Crippen MR) is 113 cm³/mol. The summed E-state index contributed by atoms with van der Waals surface area (Å²) in [5.74, 6) is -0.156. The molecule has 0 bridgehead atoms. The zero-order valence-electron chi connectivity index (χ0n) is 17.5. The van der Waals surface area contributed by atoms with Crippen molar-refractivity contribution >= 4 is 11.7 Å². The molecule has 0 unspecified atom stereocenters. The average molecular weight is 422 g/mol. The summed E-state index contributed by atoms with van der Waals surface area (Å²) in [4.78, 5) is 20.9. The Morgan fingerprint density at radius 3 is 2.77 bits per heavy atom. The van der Waals surface area contributed by atoms with Gasteiger partial charge in [0, 0.05) is 36.5 Å². The summed E-state index contributed by atoms with van der Waals surface area (Å²) < 4.78 is 25.7. The smallest absolute Gasteiger partial charge is 0.357 e. The van der Waals surface area contributed by atoms with Gasteiger partial charge in [-0.3, -0.25) is 9.67 Å². The van der Waals surface area contributed by atoms with E-state index in [-0.39, 0.29) is 5.82 Å². The normalized spacial score (nSPS) is 12.8. The van der Waals surface area contributed by atoms with Crippen LogP contribution in [0.5, 0.6) is 5.88 Å². The molecule has 0 radical (unpaired) electrons. The van der Waals surface area contributed by atoms with Crippen molar-refractivity contribution in [1.82, 2.24) is 14.8 Å². The van der Waals surface area contributed by atoms with Crippen molar-refractivity contribution in [3.63, 3.8) is 0 Å². The molecular formula is C23H23FN4O3. The van der Waals surface area contributed by atoms with Gasteiger partial charge in [-0.2, -0.15) is 5.10 Å². The highest BCUT2D eigenvalue weighted by molar-refractivity contribution is 6.43. The SMILES string of the molecule is CCOC(=O)C1=NCCc2nn(Cc3cnc(OCc4ccc(F)cc4)c(C)c3)cc21. The topological polar surface area (TPSA) is 78.6 Å². The average Bonchev–Trinajstić information content (AvgIpc) is 3.17. The lowest BCUT2D eigenvalue weighted by molar-refractivity contribution is -0.134. The zero-order valence-corrected chi connectivity index (χ0v) is 17.5. The van der Waals surface area contributed by atoms with Crippen LogP contribution in [0.1, 0.15) is 34.9 Å². The largest absolute Gasteiger partial charge is 0.473 e. The van der Waals surface area contributed by atoms with E-state index in [9.17, 15) is 9.18 Å². The van der Waals surface area contributed by atoms with Crippen molar-refractivity contribution < 1.29 is 18.7 Å². The summed E-state index contributed by atoms with van der Waals surface area (Å²) in [6.07, 6.45) is 4.27. The number of fused-ring (bicyclic) bond motifs is 1. The Bertz CT molecular complexity index is 1120. The number of halogens is 1. The van der Waals surface area contributed by atoms with Gasteiger partial charge in [0.2, 0.25) is 5.88 Å². The first-order valence-corrected chi connectivity index (χ1v) is 10.1. The number of aliphatic imine (C=N–C) groups is 1. The molecular weight excluding hydrogens is 399 g/mol. The van der Waals surface area contributed by atoms with Crippen molar-refractivity contribution in [3.8, 4) is 5.88 Å². The third-order valence-corrected chi connectivity index (χ3v) is 4.90. The summed E-state index contributed by atoms with van der Waals surface area (Å²) in [6, 6.07) is 8.18. The quantitative estimate of drug-likeness (QED) is 0.546. The molecule has 1 aliphatic rings. The highest BCUT2D eigenvalue weighted by atomic mass is 19.1. The molecule has 7 nitrogen and oxygen atoms in total. The number of ether oxygens (including phenoxy) is 2. The molecule has 31 heavy (non-hydrogen) atoms. The molecule has 1 aromatic carbocycles. The molecule has 2 aromatic heterocycles. The number of esters is 1. The fourth-order valence-corrected chi connectivity index (χ4v) is 3.43. The summed E-state index contributed by atoms with van der Waals surface area (Å²) >= 11 is 0. The number of aryl methyl sites for hydroxylation is 1. The van der Waals surface area contributed by atoms with E-state index in [0.29, 0.717) is 44.3 Å². The van der Waals surface area contributed by atoms with Gasteiger partial charge in [0.1, 0.15) is 12.4 Å². The Kier molecular flexibility index (Phi) is 6.06. The van der Waals surface area contributed by atoms with E-state index in [1.807, 2.05) is 19.2 Å². The zero-order chi connectivity index (χ0) is 21.8. The van der Waals surface area contributed by atoms with Crippen LogP contribution < -0.4 is 4.74 Å². The first-order valence-electron chi connectivity index (χ1n) is 10.1. The second-order valence-electron chi connectivity index (χ2n) is 7.27. The predicted octanol–water partition coefficient (Wildman–Crippen LogP) is 3.26. The lowest BCUT2D eigenvalue weighted by Gasteiger charge is -2.10. The number of aromatic nitrogens is 3. The van der Waals surface area contributed by atoms with Gasteiger partial charge in [0.05, 0.1) is 18.8 Å². The molecule has 0 saturated carbocycles. The van der Waals surface area contributed by atoms with Crippen LogP contribution >= 0.6 is 0 Å². The Morgan fingerprint density at radius 1 is 1.23 bits per heavy atom. The molecule has 0 aliphatic carbocycles. The summed E-state index contributed by atoms with van der Waals surface area (Å²) in [6.45, 7) is 5.36. The van der Waals surface area contributed by atoms with E-state index in [1.54, 1.807) is 29.9 Å². The number of hydrogen-bond donors (Lipinski definition) is 0. The van der Waals surface area contributed by atoms with Crippen molar-refractivity contribution in [2.24, 2.45) is 4.99 Å². The lowest BCUT2D eigenvalue weighted by atomic mass is 10.1. The molecule has 0 spiro atoms. The highest BCUT2D eigenvalue weighted by Crippen LogP contribution is 2.20. The molecule has 0 N–H and O–H groups in total. The minimum Gasteiger partial charge on any atom is -0.473 e.